The molecule has 6 rings (SSSR count). The Kier molecular flexibility index (Phi) is 6.06. The summed E-state index contributed by atoms with van der Waals surface area (Å²) in [7, 11) is 1.63. The quantitative estimate of drug-likeness (QED) is 0.295. The summed E-state index contributed by atoms with van der Waals surface area (Å²) in [5.74, 6) is 0.454. The molecule has 0 saturated carbocycles. The number of carbonyl (C=O) groups is 1. The fraction of sp³-hybridized carbons (Fsp3) is 0.167. The van der Waals surface area contributed by atoms with E-state index in [9.17, 15) is 4.79 Å². The Morgan fingerprint density at radius 1 is 1.00 bits per heavy atom. The molecule has 0 saturated heterocycles. The molecule has 0 unspecified atom stereocenters. The Labute approximate surface area is 219 Å². The van der Waals surface area contributed by atoms with E-state index in [2.05, 4.69) is 56.6 Å². The third kappa shape index (κ3) is 4.54. The molecule has 0 atom stereocenters. The van der Waals surface area contributed by atoms with E-state index in [0.717, 1.165) is 46.5 Å². The summed E-state index contributed by atoms with van der Waals surface area (Å²) < 4.78 is 6.59. The van der Waals surface area contributed by atoms with Crippen molar-refractivity contribution in [2.75, 3.05) is 23.9 Å². The van der Waals surface area contributed by atoms with E-state index in [-0.39, 0.29) is 5.91 Å². The van der Waals surface area contributed by atoms with Crippen molar-refractivity contribution < 1.29 is 9.53 Å². The molecule has 1 aliphatic heterocycles. The minimum atomic E-state index is -0.250. The number of methoxy groups -OCH3 is 1. The average Bonchev–Trinajstić information content (AvgIpc) is 3.34. The van der Waals surface area contributed by atoms with Crippen LogP contribution in [0.1, 0.15) is 27.2 Å². The number of para-hydroxylation sites is 1. The van der Waals surface area contributed by atoms with Crippen LogP contribution in [-0.2, 0) is 13.0 Å². The summed E-state index contributed by atoms with van der Waals surface area (Å²) in [6.07, 6.45) is 2.66. The smallest absolute Gasteiger partial charge is 0.259 e. The number of nitrogens with zero attached hydrogens (tertiary/aromatic N) is 3. The Morgan fingerprint density at radius 3 is 2.68 bits per heavy atom. The summed E-state index contributed by atoms with van der Waals surface area (Å²) in [4.78, 5) is 24.9. The molecule has 184 valence electrons. The van der Waals surface area contributed by atoms with Gasteiger partial charge >= 0.3 is 0 Å². The van der Waals surface area contributed by atoms with Gasteiger partial charge in [-0.25, -0.2) is 4.98 Å². The number of carbonyl (C=O) groups excluding carboxylic acids is 1. The van der Waals surface area contributed by atoms with Crippen LogP contribution in [0.15, 0.2) is 79.0 Å². The molecule has 37 heavy (non-hydrogen) atoms. The average molecular weight is 507 g/mol. The Hall–Kier alpha value is -4.23. The van der Waals surface area contributed by atoms with Crippen LogP contribution in [-0.4, -0.2) is 29.5 Å². The maximum absolute atomic E-state index is 13.4. The lowest BCUT2D eigenvalue weighted by molar-refractivity contribution is 0.102. The minimum Gasteiger partial charge on any atom is -0.496 e. The number of anilines is 2. The van der Waals surface area contributed by atoms with Crippen molar-refractivity contribution in [1.29, 1.82) is 0 Å². The van der Waals surface area contributed by atoms with E-state index < -0.39 is 0 Å². The molecular weight excluding hydrogens is 480 g/mol. The van der Waals surface area contributed by atoms with Crippen molar-refractivity contribution in [2.24, 2.45) is 0 Å². The van der Waals surface area contributed by atoms with Crippen LogP contribution < -0.4 is 15.0 Å². The Balaban J connectivity index is 1.27. The van der Waals surface area contributed by atoms with Crippen molar-refractivity contribution in [3.05, 3.63) is 101 Å². The molecular formula is C30H26N4O2S. The number of amides is 1. The number of hydrogen-bond acceptors (Lipinski definition) is 6. The maximum Gasteiger partial charge on any atom is 0.259 e. The molecule has 0 fully saturated rings. The van der Waals surface area contributed by atoms with Gasteiger partial charge in [-0.3, -0.25) is 15.1 Å². The van der Waals surface area contributed by atoms with Gasteiger partial charge in [0.2, 0.25) is 0 Å². The van der Waals surface area contributed by atoms with Crippen molar-refractivity contribution in [3.8, 4) is 16.9 Å². The van der Waals surface area contributed by atoms with Gasteiger partial charge in [-0.15, -0.1) is 0 Å². The van der Waals surface area contributed by atoms with E-state index in [1.165, 1.54) is 28.2 Å². The van der Waals surface area contributed by atoms with Gasteiger partial charge in [-0.2, -0.15) is 0 Å². The Bertz CT molecular complexity index is 1630. The van der Waals surface area contributed by atoms with Gasteiger partial charge in [-0.1, -0.05) is 53.8 Å². The summed E-state index contributed by atoms with van der Waals surface area (Å²) >= 11 is 1.48. The SMILES string of the molecule is COc1ccccc1-c1cc(C)ncc1C(=O)Nc1nc2ccc(N3CCc4ccccc4C3)cc2s1. The zero-order chi connectivity index (χ0) is 25.4. The van der Waals surface area contributed by atoms with Gasteiger partial charge < -0.3 is 9.64 Å². The molecule has 1 aliphatic rings. The molecule has 1 amide bonds. The topological polar surface area (TPSA) is 67.3 Å². The fourth-order valence-corrected chi connectivity index (χ4v) is 5.77. The highest BCUT2D eigenvalue weighted by Crippen LogP contribution is 2.35. The van der Waals surface area contributed by atoms with Gasteiger partial charge in [0.1, 0.15) is 5.75 Å². The number of ether oxygens (including phenoxy) is 1. The zero-order valence-corrected chi connectivity index (χ0v) is 21.5. The van der Waals surface area contributed by atoms with Crippen molar-refractivity contribution >= 4 is 38.3 Å². The van der Waals surface area contributed by atoms with E-state index in [1.807, 2.05) is 43.3 Å². The normalized spacial score (nSPS) is 12.9. The predicted octanol–water partition coefficient (Wildman–Crippen LogP) is 6.49. The van der Waals surface area contributed by atoms with Crippen LogP contribution in [0.3, 0.4) is 0 Å². The molecule has 0 bridgehead atoms. The van der Waals surface area contributed by atoms with Crippen molar-refractivity contribution in [1.82, 2.24) is 9.97 Å². The largest absolute Gasteiger partial charge is 0.496 e. The summed E-state index contributed by atoms with van der Waals surface area (Å²) in [6.45, 7) is 3.79. The van der Waals surface area contributed by atoms with Crippen molar-refractivity contribution in [2.45, 2.75) is 19.9 Å². The molecule has 0 radical (unpaired) electrons. The highest BCUT2D eigenvalue weighted by molar-refractivity contribution is 7.22. The Morgan fingerprint density at radius 2 is 1.81 bits per heavy atom. The highest BCUT2D eigenvalue weighted by Gasteiger charge is 2.20. The number of fused-ring (bicyclic) bond motifs is 2. The molecule has 5 aromatic rings. The van der Waals surface area contributed by atoms with Crippen LogP contribution in [0.5, 0.6) is 5.75 Å². The lowest BCUT2D eigenvalue weighted by Gasteiger charge is -2.30. The molecule has 3 aromatic carbocycles. The van der Waals surface area contributed by atoms with E-state index >= 15 is 0 Å². The third-order valence-electron chi connectivity index (χ3n) is 6.77. The molecule has 1 N–H and O–H groups in total. The summed E-state index contributed by atoms with van der Waals surface area (Å²) in [5.41, 5.74) is 7.77. The van der Waals surface area contributed by atoms with Crippen molar-refractivity contribution in [3.63, 3.8) is 0 Å². The third-order valence-corrected chi connectivity index (χ3v) is 7.70. The fourth-order valence-electron chi connectivity index (χ4n) is 4.87. The molecule has 0 aliphatic carbocycles. The number of pyridine rings is 1. The number of aromatic nitrogens is 2. The van der Waals surface area contributed by atoms with Crippen LogP contribution in [0, 0.1) is 6.92 Å². The number of thiazole rings is 1. The highest BCUT2D eigenvalue weighted by atomic mass is 32.1. The zero-order valence-electron chi connectivity index (χ0n) is 20.7. The number of benzene rings is 3. The molecule has 6 nitrogen and oxygen atoms in total. The van der Waals surface area contributed by atoms with Gasteiger partial charge in [-0.05, 0) is 54.8 Å². The first-order valence-corrected chi connectivity index (χ1v) is 13.0. The monoisotopic (exact) mass is 506 g/mol. The lowest BCUT2D eigenvalue weighted by Crippen LogP contribution is -2.30. The second-order valence-corrected chi connectivity index (χ2v) is 10.2. The summed E-state index contributed by atoms with van der Waals surface area (Å²) in [6, 6.07) is 24.5. The first-order chi connectivity index (χ1) is 18.1. The van der Waals surface area contributed by atoms with Crippen LogP contribution in [0.2, 0.25) is 0 Å². The predicted molar refractivity (Wildman–Crippen MR) is 150 cm³/mol. The lowest BCUT2D eigenvalue weighted by atomic mass is 9.99. The van der Waals surface area contributed by atoms with Gasteiger partial charge in [0.25, 0.3) is 5.91 Å². The molecule has 3 heterocycles. The number of rotatable bonds is 5. The standard InChI is InChI=1S/C30H26N4O2S/c1-19-15-24(23-9-5-6-10-27(23)36-2)25(17-31-19)29(35)33-30-32-26-12-11-22(16-28(26)37-30)34-14-13-20-7-3-4-8-21(20)18-34/h3-12,15-17H,13-14,18H2,1-2H3,(H,32,33,35). The second-order valence-electron chi connectivity index (χ2n) is 9.14. The molecule has 2 aromatic heterocycles. The van der Waals surface area contributed by atoms with E-state index in [4.69, 9.17) is 4.74 Å². The van der Waals surface area contributed by atoms with Crippen LogP contribution in [0.25, 0.3) is 21.3 Å². The van der Waals surface area contributed by atoms with E-state index in [1.54, 1.807) is 13.3 Å². The molecule has 7 heteroatoms. The maximum atomic E-state index is 13.4. The second kappa shape index (κ2) is 9.67. The summed E-state index contributed by atoms with van der Waals surface area (Å²) in [5, 5.41) is 3.56. The first kappa shape index (κ1) is 23.2. The van der Waals surface area contributed by atoms with Crippen LogP contribution in [0.4, 0.5) is 10.8 Å². The minimum absolute atomic E-state index is 0.250. The number of aryl methyl sites for hydroxylation is 1. The van der Waals surface area contributed by atoms with Crippen LogP contribution >= 0.6 is 11.3 Å². The molecule has 0 spiro atoms. The first-order valence-electron chi connectivity index (χ1n) is 12.2. The number of nitrogens with one attached hydrogen (secondary N) is 1. The number of hydrogen-bond donors (Lipinski definition) is 1. The van der Waals surface area contributed by atoms with Gasteiger partial charge in [0.15, 0.2) is 5.13 Å². The van der Waals surface area contributed by atoms with Gasteiger partial charge in [0, 0.05) is 41.8 Å². The van der Waals surface area contributed by atoms with Gasteiger partial charge in [0.05, 0.1) is 22.9 Å². The van der Waals surface area contributed by atoms with E-state index in [0.29, 0.717) is 16.4 Å².